The Morgan fingerprint density at radius 3 is 2.05 bits per heavy atom. The highest BCUT2D eigenvalue weighted by molar-refractivity contribution is 8.00. The molecule has 0 spiro atoms. The Kier molecular flexibility index (Phi) is 7.09. The van der Waals surface area contributed by atoms with Gasteiger partial charge in [0.2, 0.25) is 0 Å². The number of hydrogen-bond donors (Lipinski definition) is 0. The zero-order valence-corrected chi connectivity index (χ0v) is 14.8. The summed E-state index contributed by atoms with van der Waals surface area (Å²) in [7, 11) is 0. The molecule has 1 fully saturated rings. The number of aromatic nitrogens is 1. The molecule has 1 saturated carbocycles. The highest BCUT2D eigenvalue weighted by Crippen LogP contribution is 2.32. The Morgan fingerprint density at radius 1 is 0.952 bits per heavy atom. The van der Waals surface area contributed by atoms with E-state index in [1.165, 1.54) is 74.1 Å². The molecule has 0 amide bonds. The molecule has 0 bridgehead atoms. The molecule has 1 aliphatic carbocycles. The molecule has 1 aliphatic rings. The van der Waals surface area contributed by atoms with Crippen molar-refractivity contribution in [2.24, 2.45) is 0 Å². The summed E-state index contributed by atoms with van der Waals surface area (Å²) in [4.78, 5) is 6.31. The van der Waals surface area contributed by atoms with Crippen LogP contribution in [0.4, 0.5) is 0 Å². The Balaban J connectivity index is 2.05. The summed E-state index contributed by atoms with van der Waals surface area (Å²) in [6, 6.07) is 4.61. The Bertz CT molecular complexity index is 418. The van der Waals surface area contributed by atoms with Gasteiger partial charge < -0.3 is 0 Å². The lowest BCUT2D eigenvalue weighted by Gasteiger charge is -2.19. The van der Waals surface area contributed by atoms with Crippen LogP contribution < -0.4 is 0 Å². The van der Waals surface area contributed by atoms with Gasteiger partial charge >= 0.3 is 0 Å². The van der Waals surface area contributed by atoms with Gasteiger partial charge in [-0.1, -0.05) is 58.8 Å². The lowest BCUT2D eigenvalue weighted by atomic mass is 9.89. The Morgan fingerprint density at radius 2 is 1.52 bits per heavy atom. The number of aryl methyl sites for hydroxylation is 1. The molecular weight excluding hydrogens is 274 g/mol. The van der Waals surface area contributed by atoms with E-state index in [4.69, 9.17) is 4.98 Å². The molecule has 118 valence electrons. The first-order valence-electron chi connectivity index (χ1n) is 8.81. The van der Waals surface area contributed by atoms with Gasteiger partial charge in [0.1, 0.15) is 0 Å². The number of nitrogens with zero attached hydrogens (tertiary/aromatic N) is 1. The summed E-state index contributed by atoms with van der Waals surface area (Å²) < 4.78 is 0. The number of pyridine rings is 1. The van der Waals surface area contributed by atoms with Crippen molar-refractivity contribution >= 4 is 11.8 Å². The van der Waals surface area contributed by atoms with Gasteiger partial charge in [-0.3, -0.25) is 4.98 Å². The van der Waals surface area contributed by atoms with Gasteiger partial charge in [0.05, 0.1) is 5.69 Å². The van der Waals surface area contributed by atoms with Crippen molar-refractivity contribution in [1.82, 2.24) is 4.98 Å². The van der Waals surface area contributed by atoms with Crippen molar-refractivity contribution in [2.45, 2.75) is 94.6 Å². The largest absolute Gasteiger partial charge is 0.257 e. The Hall–Kier alpha value is -0.500. The van der Waals surface area contributed by atoms with E-state index < -0.39 is 0 Å². The van der Waals surface area contributed by atoms with Crippen LogP contribution in [0.5, 0.6) is 0 Å². The van der Waals surface area contributed by atoms with Gasteiger partial charge in [0.15, 0.2) is 0 Å². The molecule has 1 aromatic heterocycles. The maximum atomic E-state index is 4.96. The van der Waals surface area contributed by atoms with Crippen LogP contribution in [-0.4, -0.2) is 10.2 Å². The van der Waals surface area contributed by atoms with Crippen molar-refractivity contribution in [3.05, 3.63) is 23.5 Å². The minimum atomic E-state index is 0.630. The van der Waals surface area contributed by atoms with E-state index in [1.54, 1.807) is 0 Å². The minimum absolute atomic E-state index is 0.630. The van der Waals surface area contributed by atoms with Crippen molar-refractivity contribution in [3.8, 4) is 0 Å². The first kappa shape index (κ1) is 16.9. The molecule has 1 heterocycles. The first-order chi connectivity index (χ1) is 10.2. The van der Waals surface area contributed by atoms with Crippen molar-refractivity contribution in [2.75, 3.05) is 0 Å². The van der Waals surface area contributed by atoms with Crippen LogP contribution in [0.2, 0.25) is 0 Å². The van der Waals surface area contributed by atoms with Gasteiger partial charge in [-0.05, 0) is 31.9 Å². The highest BCUT2D eigenvalue weighted by atomic mass is 32.2. The molecular formula is C19H31NS. The fourth-order valence-corrected chi connectivity index (χ4v) is 4.15. The lowest BCUT2D eigenvalue weighted by Crippen LogP contribution is -2.05. The average Bonchev–Trinajstić information content (AvgIpc) is 2.46. The third kappa shape index (κ3) is 5.65. The topological polar surface area (TPSA) is 12.9 Å². The molecule has 0 radical (unpaired) electrons. The van der Waals surface area contributed by atoms with Crippen molar-refractivity contribution in [1.29, 1.82) is 0 Å². The smallest absolute Gasteiger partial charge is 0.0511 e. The number of hydrogen-bond acceptors (Lipinski definition) is 2. The monoisotopic (exact) mass is 305 g/mol. The molecule has 0 atom stereocenters. The Labute approximate surface area is 135 Å². The first-order valence-corrected chi connectivity index (χ1v) is 9.69. The normalized spacial score (nSPS) is 18.9. The average molecular weight is 306 g/mol. The summed E-state index contributed by atoms with van der Waals surface area (Å²) in [6.07, 6.45) is 12.6. The molecule has 0 N–H and O–H groups in total. The molecule has 1 aromatic rings. The van der Waals surface area contributed by atoms with Gasteiger partial charge in [-0.25, -0.2) is 0 Å². The fraction of sp³-hybridized carbons (Fsp3) is 0.737. The summed E-state index contributed by atoms with van der Waals surface area (Å²) in [6.45, 7) is 6.67. The van der Waals surface area contributed by atoms with E-state index in [0.717, 1.165) is 0 Å². The van der Waals surface area contributed by atoms with E-state index >= 15 is 0 Å². The molecule has 0 aliphatic heterocycles. The summed E-state index contributed by atoms with van der Waals surface area (Å²) in [5, 5.41) is 0.630. The molecule has 2 rings (SSSR count). The summed E-state index contributed by atoms with van der Waals surface area (Å²) in [5.74, 6) is 0.694. The number of thioether (sulfide) groups is 1. The number of rotatable bonds is 3. The van der Waals surface area contributed by atoms with Gasteiger partial charge in [0, 0.05) is 21.8 Å². The van der Waals surface area contributed by atoms with Crippen LogP contribution in [-0.2, 0) is 0 Å². The van der Waals surface area contributed by atoms with Crippen LogP contribution >= 0.6 is 11.8 Å². The zero-order valence-electron chi connectivity index (χ0n) is 14.0. The second-order valence-electron chi connectivity index (χ2n) is 6.74. The zero-order chi connectivity index (χ0) is 15.1. The van der Waals surface area contributed by atoms with E-state index in [0.29, 0.717) is 11.2 Å². The predicted molar refractivity (Wildman–Crippen MR) is 94.3 cm³/mol. The van der Waals surface area contributed by atoms with Crippen LogP contribution in [0.1, 0.15) is 88.9 Å². The quantitative estimate of drug-likeness (QED) is 0.591. The summed E-state index contributed by atoms with van der Waals surface area (Å²) >= 11 is 1.93. The van der Waals surface area contributed by atoms with Crippen molar-refractivity contribution < 1.29 is 0 Å². The predicted octanol–water partition coefficient (Wildman–Crippen LogP) is 6.50. The SMILES string of the molecule is Cc1nc(C2CCCCCCCCC2)ccc1SC(C)C. The maximum Gasteiger partial charge on any atom is 0.0511 e. The van der Waals surface area contributed by atoms with Crippen LogP contribution in [0.3, 0.4) is 0 Å². The minimum Gasteiger partial charge on any atom is -0.257 e. The van der Waals surface area contributed by atoms with E-state index in [-0.39, 0.29) is 0 Å². The van der Waals surface area contributed by atoms with Gasteiger partial charge in [0.25, 0.3) is 0 Å². The van der Waals surface area contributed by atoms with Crippen molar-refractivity contribution in [3.63, 3.8) is 0 Å². The van der Waals surface area contributed by atoms with E-state index in [1.807, 2.05) is 11.8 Å². The standard InChI is InChI=1S/C19H31NS/c1-15(2)21-19-14-13-18(20-16(19)3)17-11-9-7-5-4-6-8-10-12-17/h13-15,17H,4-12H2,1-3H3. The maximum absolute atomic E-state index is 4.96. The molecule has 1 nitrogen and oxygen atoms in total. The third-order valence-corrected chi connectivity index (χ3v) is 5.60. The molecule has 0 aromatic carbocycles. The molecule has 2 heteroatoms. The second-order valence-corrected chi connectivity index (χ2v) is 8.35. The van der Waals surface area contributed by atoms with Crippen LogP contribution in [0, 0.1) is 6.92 Å². The van der Waals surface area contributed by atoms with Gasteiger partial charge in [-0.15, -0.1) is 11.8 Å². The van der Waals surface area contributed by atoms with E-state index in [2.05, 4.69) is 32.9 Å². The molecule has 21 heavy (non-hydrogen) atoms. The van der Waals surface area contributed by atoms with E-state index in [9.17, 15) is 0 Å². The second kappa shape index (κ2) is 8.82. The molecule has 0 saturated heterocycles. The highest BCUT2D eigenvalue weighted by Gasteiger charge is 2.15. The lowest BCUT2D eigenvalue weighted by molar-refractivity contribution is 0.456. The van der Waals surface area contributed by atoms with Crippen LogP contribution in [0.25, 0.3) is 0 Å². The summed E-state index contributed by atoms with van der Waals surface area (Å²) in [5.41, 5.74) is 2.57. The van der Waals surface area contributed by atoms with Crippen LogP contribution in [0.15, 0.2) is 17.0 Å². The fourth-order valence-electron chi connectivity index (χ4n) is 3.28. The van der Waals surface area contributed by atoms with Gasteiger partial charge in [-0.2, -0.15) is 0 Å². The molecule has 0 unspecified atom stereocenters. The third-order valence-electron chi connectivity index (χ3n) is 4.44.